The maximum absolute atomic E-state index is 2.35. The molecule has 0 heterocycles. The molecule has 0 heteroatoms. The zero-order valence-corrected chi connectivity index (χ0v) is 8.97. The predicted octanol–water partition coefficient (Wildman–Crippen LogP) is 4.56. The van der Waals surface area contributed by atoms with E-state index in [0.29, 0.717) is 0 Å². The maximum atomic E-state index is 2.35. The molecule has 1 atom stereocenters. The Labute approximate surface area is 78.1 Å². The first-order chi connectivity index (χ1) is 5.81. The molecule has 0 saturated carbocycles. The second-order valence-corrected chi connectivity index (χ2v) is 3.72. The van der Waals surface area contributed by atoms with E-state index in [-0.39, 0.29) is 0 Å². The van der Waals surface area contributed by atoms with Crippen LogP contribution in [0.2, 0.25) is 0 Å². The molecule has 0 aliphatic heterocycles. The lowest BCUT2D eigenvalue weighted by Gasteiger charge is -2.01. The summed E-state index contributed by atoms with van der Waals surface area (Å²) in [6.07, 6.45) is 12.6. The highest BCUT2D eigenvalue weighted by molar-refractivity contribution is 4.82. The first kappa shape index (κ1) is 11.7. The van der Waals surface area contributed by atoms with Crippen LogP contribution in [0.5, 0.6) is 0 Å². The predicted molar refractivity (Wildman–Crippen MR) is 57.4 cm³/mol. The van der Waals surface area contributed by atoms with Crippen LogP contribution in [0, 0.1) is 5.92 Å². The molecule has 0 aromatic carbocycles. The lowest BCUT2D eigenvalue weighted by molar-refractivity contribution is 0.570. The smallest absolute Gasteiger partial charge is 0.0325 e. The van der Waals surface area contributed by atoms with Crippen LogP contribution in [-0.2, 0) is 0 Å². The van der Waals surface area contributed by atoms with Crippen molar-refractivity contribution in [2.45, 2.75) is 59.3 Å². The molecule has 72 valence electrons. The summed E-state index contributed by atoms with van der Waals surface area (Å²) in [6.45, 7) is 6.83. The average molecular weight is 168 g/mol. The highest BCUT2D eigenvalue weighted by Crippen LogP contribution is 2.08. The van der Waals surface area contributed by atoms with Crippen LogP contribution in [0.25, 0.3) is 0 Å². The molecule has 0 bridgehead atoms. The van der Waals surface area contributed by atoms with Crippen molar-refractivity contribution in [2.75, 3.05) is 0 Å². The van der Waals surface area contributed by atoms with Gasteiger partial charge in [-0.15, -0.1) is 0 Å². The van der Waals surface area contributed by atoms with Gasteiger partial charge in [-0.25, -0.2) is 0 Å². The van der Waals surface area contributed by atoms with E-state index in [1.807, 2.05) is 0 Å². The number of hydrogen-bond donors (Lipinski definition) is 0. The Hall–Kier alpha value is -0.260. The quantitative estimate of drug-likeness (QED) is 0.386. The van der Waals surface area contributed by atoms with E-state index in [1.54, 1.807) is 0 Å². The summed E-state index contributed by atoms with van der Waals surface area (Å²) in [6, 6.07) is 0. The molecule has 12 heavy (non-hydrogen) atoms. The Bertz CT molecular complexity index is 103. The fraction of sp³-hybridized carbons (Fsp3) is 0.833. The lowest BCUT2D eigenvalue weighted by Crippen LogP contribution is -1.87. The van der Waals surface area contributed by atoms with Crippen LogP contribution in [0.4, 0.5) is 0 Å². The van der Waals surface area contributed by atoms with Gasteiger partial charge in [0.15, 0.2) is 0 Å². The summed E-state index contributed by atoms with van der Waals surface area (Å²) in [5, 5.41) is 0. The molecule has 0 radical (unpaired) electrons. The number of hydrogen-bond acceptors (Lipinski definition) is 0. The number of allylic oxidation sites excluding steroid dienone is 2. The van der Waals surface area contributed by atoms with Crippen molar-refractivity contribution in [1.82, 2.24) is 0 Å². The van der Waals surface area contributed by atoms with Gasteiger partial charge >= 0.3 is 0 Å². The van der Waals surface area contributed by atoms with Crippen LogP contribution >= 0.6 is 0 Å². The zero-order valence-electron chi connectivity index (χ0n) is 8.97. The van der Waals surface area contributed by atoms with E-state index in [2.05, 4.69) is 32.9 Å². The van der Waals surface area contributed by atoms with Gasteiger partial charge in [-0.3, -0.25) is 0 Å². The third kappa shape index (κ3) is 7.84. The molecule has 0 N–H and O–H groups in total. The van der Waals surface area contributed by atoms with Gasteiger partial charge < -0.3 is 0 Å². The van der Waals surface area contributed by atoms with Crippen molar-refractivity contribution in [3.63, 3.8) is 0 Å². The van der Waals surface area contributed by atoms with E-state index in [9.17, 15) is 0 Å². The fourth-order valence-corrected chi connectivity index (χ4v) is 1.13. The molecule has 0 saturated heterocycles. The monoisotopic (exact) mass is 168 g/mol. The van der Waals surface area contributed by atoms with Gasteiger partial charge in [-0.05, 0) is 25.2 Å². The lowest BCUT2D eigenvalue weighted by atomic mass is 10.0. The Kier molecular flexibility index (Phi) is 8.64. The normalized spacial score (nSPS) is 13.9. The summed E-state index contributed by atoms with van der Waals surface area (Å²) in [4.78, 5) is 0. The molecular weight excluding hydrogens is 144 g/mol. The average Bonchev–Trinajstić information content (AvgIpc) is 2.10. The van der Waals surface area contributed by atoms with Crippen LogP contribution in [0.15, 0.2) is 12.2 Å². The minimum atomic E-state index is 0.868. The van der Waals surface area contributed by atoms with E-state index in [1.165, 1.54) is 38.5 Å². The highest BCUT2D eigenvalue weighted by Gasteiger charge is 1.92. The first-order valence-electron chi connectivity index (χ1n) is 5.46. The second kappa shape index (κ2) is 8.83. The Balaban J connectivity index is 3.13. The molecule has 0 spiro atoms. The van der Waals surface area contributed by atoms with Crippen molar-refractivity contribution < 1.29 is 0 Å². The Morgan fingerprint density at radius 3 is 2.42 bits per heavy atom. The third-order valence-electron chi connectivity index (χ3n) is 2.38. The van der Waals surface area contributed by atoms with Crippen LogP contribution < -0.4 is 0 Å². The maximum Gasteiger partial charge on any atom is -0.0325 e. The summed E-state index contributed by atoms with van der Waals surface area (Å²) >= 11 is 0. The van der Waals surface area contributed by atoms with Crippen LogP contribution in [-0.4, -0.2) is 0 Å². The Morgan fingerprint density at radius 1 is 1.08 bits per heavy atom. The minimum Gasteiger partial charge on any atom is -0.0885 e. The topological polar surface area (TPSA) is 0 Å². The summed E-state index contributed by atoms with van der Waals surface area (Å²) < 4.78 is 0. The largest absolute Gasteiger partial charge is 0.0885 e. The van der Waals surface area contributed by atoms with Crippen molar-refractivity contribution in [3.05, 3.63) is 12.2 Å². The first-order valence-corrected chi connectivity index (χ1v) is 5.46. The molecular formula is C12H24. The summed E-state index contributed by atoms with van der Waals surface area (Å²) in [5.41, 5.74) is 0. The summed E-state index contributed by atoms with van der Waals surface area (Å²) in [5.74, 6) is 0.868. The fourth-order valence-electron chi connectivity index (χ4n) is 1.13. The van der Waals surface area contributed by atoms with Gasteiger partial charge in [0.05, 0.1) is 0 Å². The molecule has 0 amide bonds. The van der Waals surface area contributed by atoms with Crippen molar-refractivity contribution in [2.24, 2.45) is 5.92 Å². The van der Waals surface area contributed by atoms with Gasteiger partial charge in [0.25, 0.3) is 0 Å². The van der Waals surface area contributed by atoms with Gasteiger partial charge in [-0.2, -0.15) is 0 Å². The zero-order chi connectivity index (χ0) is 9.23. The van der Waals surface area contributed by atoms with Gasteiger partial charge in [0.2, 0.25) is 0 Å². The molecule has 0 aromatic rings. The minimum absolute atomic E-state index is 0.868. The number of unbranched alkanes of at least 4 members (excludes halogenated alkanes) is 3. The Morgan fingerprint density at radius 2 is 1.83 bits per heavy atom. The van der Waals surface area contributed by atoms with E-state index >= 15 is 0 Å². The number of rotatable bonds is 7. The molecule has 0 nitrogen and oxygen atoms in total. The van der Waals surface area contributed by atoms with E-state index in [4.69, 9.17) is 0 Å². The van der Waals surface area contributed by atoms with E-state index < -0.39 is 0 Å². The van der Waals surface area contributed by atoms with Gasteiger partial charge in [-0.1, -0.05) is 52.2 Å². The van der Waals surface area contributed by atoms with Gasteiger partial charge in [0.1, 0.15) is 0 Å². The highest BCUT2D eigenvalue weighted by atomic mass is 14.0. The molecule has 0 rings (SSSR count). The van der Waals surface area contributed by atoms with Gasteiger partial charge in [0, 0.05) is 0 Å². The van der Waals surface area contributed by atoms with E-state index in [0.717, 1.165) is 5.92 Å². The van der Waals surface area contributed by atoms with Crippen LogP contribution in [0.1, 0.15) is 59.3 Å². The van der Waals surface area contributed by atoms with Crippen LogP contribution in [0.3, 0.4) is 0 Å². The van der Waals surface area contributed by atoms with Crippen molar-refractivity contribution >= 4 is 0 Å². The van der Waals surface area contributed by atoms with Crippen molar-refractivity contribution in [1.29, 1.82) is 0 Å². The second-order valence-electron chi connectivity index (χ2n) is 3.72. The summed E-state index contributed by atoms with van der Waals surface area (Å²) in [7, 11) is 0. The van der Waals surface area contributed by atoms with Crippen molar-refractivity contribution in [3.8, 4) is 0 Å². The molecule has 0 aromatic heterocycles. The molecule has 0 fully saturated rings. The standard InChI is InChI=1S/C12H24/c1-4-6-7-8-9-10-11-12(3)5-2/h9-10,12H,4-8,11H2,1-3H3/b10-9+. The third-order valence-corrected chi connectivity index (χ3v) is 2.38. The molecule has 0 aliphatic rings. The SMILES string of the molecule is CCCCC/C=C/CC(C)CC. The molecule has 1 unspecified atom stereocenters. The molecule has 0 aliphatic carbocycles.